The summed E-state index contributed by atoms with van der Waals surface area (Å²) in [6.45, 7) is 2.31. The number of aromatic amines is 2. The van der Waals surface area contributed by atoms with Crippen LogP contribution >= 0.6 is 0 Å². The number of urea groups is 1. The van der Waals surface area contributed by atoms with Gasteiger partial charge in [-0.25, -0.2) is 4.79 Å². The van der Waals surface area contributed by atoms with E-state index in [0.717, 1.165) is 30.7 Å². The van der Waals surface area contributed by atoms with Gasteiger partial charge in [0.1, 0.15) is 12.4 Å². The van der Waals surface area contributed by atoms with Crippen molar-refractivity contribution < 1.29 is 14.3 Å². The molecule has 4 rings (SSSR count). The summed E-state index contributed by atoms with van der Waals surface area (Å²) in [4.78, 5) is 26.2. The number of ether oxygens (including phenoxy) is 2. The van der Waals surface area contributed by atoms with Gasteiger partial charge in [0, 0.05) is 37.4 Å². The molecule has 1 aromatic heterocycles. The number of aromatic nitrogens is 2. The molecule has 0 saturated carbocycles. The van der Waals surface area contributed by atoms with Crippen LogP contribution in [0.3, 0.4) is 0 Å². The zero-order valence-corrected chi connectivity index (χ0v) is 15.1. The predicted octanol–water partition coefficient (Wildman–Crippen LogP) is 1.89. The molecule has 1 saturated heterocycles. The first-order chi connectivity index (χ1) is 13.2. The molecule has 1 fully saturated rings. The van der Waals surface area contributed by atoms with Crippen LogP contribution in [0.25, 0.3) is 0 Å². The molecule has 1 atom stereocenters. The Hall–Kier alpha value is -2.74. The van der Waals surface area contributed by atoms with Gasteiger partial charge in [0.15, 0.2) is 0 Å². The number of nitrogens with one attached hydrogen (secondary N) is 3. The third kappa shape index (κ3) is 4.00. The van der Waals surface area contributed by atoms with Gasteiger partial charge in [-0.2, -0.15) is 0 Å². The van der Waals surface area contributed by atoms with Gasteiger partial charge in [-0.3, -0.25) is 9.89 Å². The minimum atomic E-state index is -0.190. The molecular weight excluding hydrogens is 348 g/mol. The maximum absolute atomic E-state index is 12.7. The Morgan fingerprint density at radius 3 is 2.96 bits per heavy atom. The van der Waals surface area contributed by atoms with Crippen molar-refractivity contribution in [3.8, 4) is 5.75 Å². The number of amides is 2. The number of para-hydroxylation sites is 2. The van der Waals surface area contributed by atoms with E-state index in [1.54, 1.807) is 4.90 Å². The van der Waals surface area contributed by atoms with Crippen molar-refractivity contribution in [2.24, 2.45) is 0 Å². The maximum Gasteiger partial charge on any atom is 0.321 e. The molecule has 1 unspecified atom stereocenters. The van der Waals surface area contributed by atoms with E-state index < -0.39 is 0 Å². The summed E-state index contributed by atoms with van der Waals surface area (Å²) < 4.78 is 11.5. The molecular formula is C19H24N4O4. The molecule has 2 amide bonds. The molecule has 3 heterocycles. The zero-order valence-electron chi connectivity index (χ0n) is 15.1. The SMILES string of the molecule is O=C(Nc1ccccc1OCC1CCCO1)N1CCc2[nH][nH]c(=O)c2CC1. The van der Waals surface area contributed by atoms with Crippen LogP contribution in [0.4, 0.5) is 10.5 Å². The summed E-state index contributed by atoms with van der Waals surface area (Å²) in [5.41, 5.74) is 2.17. The van der Waals surface area contributed by atoms with Crippen LogP contribution in [-0.4, -0.2) is 53.5 Å². The Balaban J connectivity index is 1.38. The van der Waals surface area contributed by atoms with Crippen molar-refractivity contribution in [3.63, 3.8) is 0 Å². The zero-order chi connectivity index (χ0) is 18.6. The van der Waals surface area contributed by atoms with E-state index in [1.165, 1.54) is 0 Å². The lowest BCUT2D eigenvalue weighted by Gasteiger charge is -2.22. The number of carbonyl (C=O) groups is 1. The van der Waals surface area contributed by atoms with Gasteiger partial charge >= 0.3 is 6.03 Å². The Labute approximate surface area is 156 Å². The molecule has 2 aromatic rings. The molecule has 8 heteroatoms. The minimum Gasteiger partial charge on any atom is -0.489 e. The highest BCUT2D eigenvalue weighted by Gasteiger charge is 2.22. The lowest BCUT2D eigenvalue weighted by Crippen LogP contribution is -2.37. The highest BCUT2D eigenvalue weighted by Crippen LogP contribution is 2.25. The second kappa shape index (κ2) is 7.87. The lowest BCUT2D eigenvalue weighted by atomic mass is 10.2. The van der Waals surface area contributed by atoms with Gasteiger partial charge in [0.05, 0.1) is 11.8 Å². The molecule has 27 heavy (non-hydrogen) atoms. The molecule has 0 bridgehead atoms. The predicted molar refractivity (Wildman–Crippen MR) is 100 cm³/mol. The van der Waals surface area contributed by atoms with Crippen LogP contribution in [0.15, 0.2) is 29.1 Å². The van der Waals surface area contributed by atoms with Crippen molar-refractivity contribution >= 4 is 11.7 Å². The first-order valence-electron chi connectivity index (χ1n) is 9.38. The van der Waals surface area contributed by atoms with E-state index in [2.05, 4.69) is 15.5 Å². The quantitative estimate of drug-likeness (QED) is 0.763. The number of rotatable bonds is 4. The Kier molecular flexibility index (Phi) is 5.15. The van der Waals surface area contributed by atoms with Crippen LogP contribution < -0.4 is 15.6 Å². The van der Waals surface area contributed by atoms with E-state index >= 15 is 0 Å². The maximum atomic E-state index is 12.7. The van der Waals surface area contributed by atoms with E-state index in [4.69, 9.17) is 9.47 Å². The van der Waals surface area contributed by atoms with Crippen molar-refractivity contribution in [2.45, 2.75) is 31.8 Å². The fourth-order valence-corrected chi connectivity index (χ4v) is 3.55. The first kappa shape index (κ1) is 17.7. The third-order valence-electron chi connectivity index (χ3n) is 5.09. The lowest BCUT2D eigenvalue weighted by molar-refractivity contribution is 0.0682. The third-order valence-corrected chi connectivity index (χ3v) is 5.09. The highest BCUT2D eigenvalue weighted by molar-refractivity contribution is 5.91. The summed E-state index contributed by atoms with van der Waals surface area (Å²) in [5, 5.41) is 8.45. The van der Waals surface area contributed by atoms with Gasteiger partial charge in [0.2, 0.25) is 0 Å². The Morgan fingerprint density at radius 1 is 1.26 bits per heavy atom. The smallest absolute Gasteiger partial charge is 0.321 e. The van der Waals surface area contributed by atoms with Crippen LogP contribution in [-0.2, 0) is 17.6 Å². The minimum absolute atomic E-state index is 0.0971. The molecule has 144 valence electrons. The molecule has 2 aliphatic rings. The van der Waals surface area contributed by atoms with Gasteiger partial charge in [-0.05, 0) is 31.4 Å². The molecule has 0 spiro atoms. The second-order valence-electron chi connectivity index (χ2n) is 6.90. The molecule has 0 radical (unpaired) electrons. The molecule has 2 aliphatic heterocycles. The molecule has 3 N–H and O–H groups in total. The van der Waals surface area contributed by atoms with Crippen LogP contribution in [0.2, 0.25) is 0 Å². The number of anilines is 1. The summed E-state index contributed by atoms with van der Waals surface area (Å²) in [6.07, 6.45) is 3.34. The van der Waals surface area contributed by atoms with Gasteiger partial charge < -0.3 is 24.8 Å². The average Bonchev–Trinajstić information content (AvgIpc) is 3.26. The molecule has 0 aliphatic carbocycles. The van der Waals surface area contributed by atoms with Crippen molar-refractivity contribution in [1.29, 1.82) is 0 Å². The molecule has 8 nitrogen and oxygen atoms in total. The summed E-state index contributed by atoms with van der Waals surface area (Å²) >= 11 is 0. The largest absolute Gasteiger partial charge is 0.489 e. The standard InChI is InChI=1S/C19H24N4O4/c24-18-14-7-9-23(10-8-15(14)21-22-18)19(25)20-16-5-1-2-6-17(16)27-12-13-4-3-11-26-13/h1-2,5-6,13H,3-4,7-12H2,(H,20,25)(H2,21,22,24). The topological polar surface area (TPSA) is 99.4 Å². The number of fused-ring (bicyclic) bond motifs is 1. The number of nitrogens with zero attached hydrogens (tertiary/aromatic N) is 1. The fourth-order valence-electron chi connectivity index (χ4n) is 3.55. The van der Waals surface area contributed by atoms with Crippen molar-refractivity contribution in [2.75, 3.05) is 31.6 Å². The van der Waals surface area contributed by atoms with E-state index in [1.807, 2.05) is 24.3 Å². The first-order valence-corrected chi connectivity index (χ1v) is 9.38. The number of H-pyrrole nitrogens is 2. The number of hydrogen-bond acceptors (Lipinski definition) is 4. The second-order valence-corrected chi connectivity index (χ2v) is 6.90. The van der Waals surface area contributed by atoms with E-state index in [-0.39, 0.29) is 17.7 Å². The van der Waals surface area contributed by atoms with Gasteiger partial charge in [-0.1, -0.05) is 12.1 Å². The fraction of sp³-hybridized carbons (Fsp3) is 0.474. The number of carbonyl (C=O) groups excluding carboxylic acids is 1. The number of benzene rings is 1. The number of hydrogen-bond donors (Lipinski definition) is 3. The monoisotopic (exact) mass is 372 g/mol. The Bertz CT molecular complexity index is 853. The van der Waals surface area contributed by atoms with Crippen LogP contribution in [0, 0.1) is 0 Å². The van der Waals surface area contributed by atoms with Crippen molar-refractivity contribution in [1.82, 2.24) is 15.1 Å². The highest BCUT2D eigenvalue weighted by atomic mass is 16.5. The van der Waals surface area contributed by atoms with Crippen molar-refractivity contribution in [3.05, 3.63) is 45.9 Å². The Morgan fingerprint density at radius 2 is 2.11 bits per heavy atom. The van der Waals surface area contributed by atoms with Crippen LogP contribution in [0.5, 0.6) is 5.75 Å². The van der Waals surface area contributed by atoms with Gasteiger partial charge in [0.25, 0.3) is 5.56 Å². The summed E-state index contributed by atoms with van der Waals surface area (Å²) in [5.74, 6) is 0.637. The van der Waals surface area contributed by atoms with E-state index in [0.29, 0.717) is 44.0 Å². The van der Waals surface area contributed by atoms with Gasteiger partial charge in [-0.15, -0.1) is 0 Å². The summed E-state index contributed by atoms with van der Waals surface area (Å²) in [6, 6.07) is 7.22. The van der Waals surface area contributed by atoms with E-state index in [9.17, 15) is 9.59 Å². The average molecular weight is 372 g/mol. The molecule has 1 aromatic carbocycles. The van der Waals surface area contributed by atoms with Crippen LogP contribution in [0.1, 0.15) is 24.1 Å². The normalized spacial score (nSPS) is 19.4. The summed E-state index contributed by atoms with van der Waals surface area (Å²) in [7, 11) is 0.